The Balaban J connectivity index is -0.000000243. The van der Waals surface area contributed by atoms with Crippen molar-refractivity contribution in [3.05, 3.63) is 77.6 Å². The van der Waals surface area contributed by atoms with E-state index in [9.17, 15) is 0 Å². The third-order valence-corrected chi connectivity index (χ3v) is 4.26. The number of nitrogens with zero attached hydrogens (tertiary/aromatic N) is 1. The van der Waals surface area contributed by atoms with Crippen LogP contribution in [0, 0.1) is 60.3 Å². The Labute approximate surface area is 376 Å². The van der Waals surface area contributed by atoms with E-state index in [2.05, 4.69) is 102 Å². The number of nitrogens with one attached hydrogen (secondary N) is 1. The summed E-state index contributed by atoms with van der Waals surface area (Å²) in [7, 11) is 0. The summed E-state index contributed by atoms with van der Waals surface area (Å²) in [4.78, 5) is 7.26. The zero-order chi connectivity index (χ0) is 35.7. The fourth-order valence-electron chi connectivity index (χ4n) is 2.39. The number of hydrogen-bond donors (Lipinski definition) is 4. The molecule has 0 aliphatic heterocycles. The minimum atomic E-state index is 0. The molecule has 13 heteroatoms. The number of rotatable bonds is 1. The number of ether oxygens (including phenoxy) is 1. The van der Waals surface area contributed by atoms with Crippen molar-refractivity contribution in [2.45, 2.75) is 69.2 Å². The van der Waals surface area contributed by atoms with E-state index in [1.54, 1.807) is 24.3 Å². The number of nitrogen functional groups attached to an aromatic ring is 2. The first-order chi connectivity index (χ1) is 21.5. The summed E-state index contributed by atoms with van der Waals surface area (Å²) < 4.78 is 15.0. The van der Waals surface area contributed by atoms with E-state index in [1.807, 2.05) is 55.5 Å². The Hall–Kier alpha value is -0.774. The average Bonchev–Trinajstić information content (AvgIpc) is 3.51. The van der Waals surface area contributed by atoms with E-state index < -0.39 is 0 Å². The van der Waals surface area contributed by atoms with Crippen LogP contribution in [-0.4, -0.2) is 26.1 Å². The van der Waals surface area contributed by atoms with Gasteiger partial charge in [0.1, 0.15) is 11.3 Å². The number of benzene rings is 3. The maximum absolute atomic E-state index is 8.79. The van der Waals surface area contributed by atoms with E-state index in [0.29, 0.717) is 17.1 Å². The minimum absolute atomic E-state index is 0. The van der Waals surface area contributed by atoms with Gasteiger partial charge in [-0.05, 0) is 73.3 Å². The number of phenolic OH excluding ortho intramolecular Hbond substituents is 1. The number of aromatic nitrogens is 2. The van der Waals surface area contributed by atoms with E-state index in [0.717, 1.165) is 40.0 Å². The van der Waals surface area contributed by atoms with Crippen LogP contribution in [0.15, 0.2) is 81.6 Å². The van der Waals surface area contributed by atoms with Gasteiger partial charge in [-0.25, -0.2) is 0 Å². The number of H-pyrrole nitrogens is 1. The van der Waals surface area contributed by atoms with Gasteiger partial charge in [0.15, 0.2) is 11.2 Å². The van der Waals surface area contributed by atoms with E-state index in [1.165, 1.54) is 0 Å². The van der Waals surface area contributed by atoms with Crippen molar-refractivity contribution >= 4 is 75.3 Å². The molecule has 0 unspecified atom stereocenters. The zero-order valence-corrected chi connectivity index (χ0v) is 36.5. The average molecular weight is 769 g/mol. The second-order valence-electron chi connectivity index (χ2n) is 11.5. The zero-order valence-electron chi connectivity index (χ0n) is 30.2. The maximum atomic E-state index is 8.79. The molecule has 2 heterocycles. The molecule has 2 aromatic heterocycles. The van der Waals surface area contributed by atoms with Crippen molar-refractivity contribution in [2.75, 3.05) is 18.1 Å². The first-order valence-electron chi connectivity index (χ1n) is 15.1. The third kappa shape index (κ3) is 33.7. The van der Waals surface area contributed by atoms with Gasteiger partial charge >= 0.3 is 51.4 Å². The molecular weight excluding hydrogens is 716 g/mol. The van der Waals surface area contributed by atoms with E-state index >= 15 is 0 Å². The molecule has 3 aromatic carbocycles. The van der Waals surface area contributed by atoms with Crippen LogP contribution in [0.3, 0.4) is 0 Å². The second kappa shape index (κ2) is 33.4. The number of aromatic amines is 1. The molecule has 0 aliphatic carbocycles. The Morgan fingerprint density at radius 3 is 1.62 bits per heavy atom. The topological polar surface area (TPSA) is 136 Å². The molecule has 5 aromatic rings. The van der Waals surface area contributed by atoms with Crippen molar-refractivity contribution in [2.24, 2.45) is 17.8 Å². The Morgan fingerprint density at radius 2 is 1.25 bits per heavy atom. The summed E-state index contributed by atoms with van der Waals surface area (Å²) in [5.74, 6) is 2.65. The van der Waals surface area contributed by atoms with Gasteiger partial charge < -0.3 is 60.0 Å². The van der Waals surface area contributed by atoms with Gasteiger partial charge in [-0.1, -0.05) is 98.7 Å². The molecule has 0 fully saturated rings. The van der Waals surface area contributed by atoms with Gasteiger partial charge in [0.05, 0.1) is 17.8 Å². The normalized spacial score (nSPS) is 9.02. The monoisotopic (exact) mass is 768 g/mol. The quantitative estimate of drug-likeness (QED) is 0.0441. The number of oxazole rings is 2. The first kappa shape index (κ1) is 54.0. The number of nitrogens with two attached hydrogens (primary N) is 2. The molecule has 0 amide bonds. The fraction of sp³-hybridized carbons (Fsp3) is 0.400. The molecular formula is C35H53ArKN4O4S3. The smallest absolute Gasteiger partial charge is 0.514 e. The Kier molecular flexibility index (Phi) is 37.6. The van der Waals surface area contributed by atoms with Crippen molar-refractivity contribution < 1.29 is 108 Å². The molecule has 5 rings (SSSR count). The number of fused-ring (bicyclic) bond motifs is 2. The van der Waals surface area contributed by atoms with Crippen LogP contribution < -0.4 is 62.9 Å². The number of hydrogen-bond acceptors (Lipinski definition) is 10. The van der Waals surface area contributed by atoms with Crippen LogP contribution in [0.1, 0.15) is 69.2 Å². The molecule has 0 saturated heterocycles. The van der Waals surface area contributed by atoms with Gasteiger partial charge in [-0.15, -0.1) is 0 Å². The van der Waals surface area contributed by atoms with E-state index in [-0.39, 0.29) is 105 Å². The van der Waals surface area contributed by atoms with Crippen LogP contribution >= 0.6 is 24.4 Å². The number of para-hydroxylation sites is 6. The van der Waals surface area contributed by atoms with Crippen molar-refractivity contribution in [3.8, 4) is 5.75 Å². The summed E-state index contributed by atoms with van der Waals surface area (Å²) in [6.07, 6.45) is 0. The summed E-state index contributed by atoms with van der Waals surface area (Å²) in [6, 6.07) is 22.0. The number of phenols is 1. The van der Waals surface area contributed by atoms with Crippen LogP contribution in [0.5, 0.6) is 5.75 Å². The largest absolute Gasteiger partial charge is 1.00 e. The minimum Gasteiger partial charge on any atom is -0.514 e. The van der Waals surface area contributed by atoms with Crippen LogP contribution in [0.2, 0.25) is 0 Å². The molecule has 264 valence electrons. The molecule has 6 N–H and O–H groups in total. The van der Waals surface area contributed by atoms with Crippen molar-refractivity contribution in [1.29, 1.82) is 0 Å². The molecule has 48 heavy (non-hydrogen) atoms. The van der Waals surface area contributed by atoms with Crippen molar-refractivity contribution in [3.63, 3.8) is 0 Å². The van der Waals surface area contributed by atoms with Gasteiger partial charge in [-0.2, -0.15) is 4.98 Å². The third-order valence-electron chi connectivity index (χ3n) is 3.84. The first-order valence-corrected chi connectivity index (χ1v) is 16.3. The summed E-state index contributed by atoms with van der Waals surface area (Å²) in [5, 5.41) is 8.79. The molecule has 8 nitrogen and oxygen atoms in total. The second-order valence-corrected chi connectivity index (χ2v) is 12.8. The van der Waals surface area contributed by atoms with Gasteiger partial charge in [0.2, 0.25) is 0 Å². The molecule has 0 radical (unpaired) electrons. The Bertz CT molecular complexity index is 1430. The van der Waals surface area contributed by atoms with Gasteiger partial charge in [0.25, 0.3) is 10.9 Å². The molecule has 0 spiro atoms. The molecule has 0 bridgehead atoms. The SMILES string of the molecule is CC(C)C.CC(C)C.CC(C)C.CCOC(=S)[S-].Nc1ccccc1O.Nc1nc2ccccc2o1.S=c1[nH]c2ccccc2o1.[Ar].[K+]. The molecule has 0 saturated carbocycles. The molecule has 0 atom stereocenters. The Morgan fingerprint density at radius 1 is 0.812 bits per heavy atom. The van der Waals surface area contributed by atoms with Gasteiger partial charge in [-0.3, -0.25) is 0 Å². The summed E-state index contributed by atoms with van der Waals surface area (Å²) in [6.45, 7) is 21.9. The fourth-order valence-corrected chi connectivity index (χ4v) is 2.83. The van der Waals surface area contributed by atoms with Crippen LogP contribution in [0.4, 0.5) is 11.7 Å². The summed E-state index contributed by atoms with van der Waals surface area (Å²) in [5.41, 5.74) is 14.3. The van der Waals surface area contributed by atoms with E-state index in [4.69, 9.17) is 37.6 Å². The molecule has 0 aliphatic rings. The van der Waals surface area contributed by atoms with Crippen molar-refractivity contribution in [1.82, 2.24) is 9.97 Å². The number of aromatic hydroxyl groups is 1. The van der Waals surface area contributed by atoms with Crippen LogP contribution in [0.25, 0.3) is 22.2 Å². The number of anilines is 2. The standard InChI is InChI=1S/C7H6N2O.C7H5NOS.C6H7NO.3C4H10.C3H6OS2.Ar.K/c8-7-9-5-3-1-2-4-6(5)10-7;10-7-8-5-3-1-2-4-6(5)9-7;7-5-3-1-2-4-6(5)8;3*1-4(2)3;1-2-4-3(5)6;;/h1-4H,(H2,8,9);1-4H,(H,8,10);1-4,8H,7H2;3*4H,1-3H3;2H2,1H3,(H,5,6);;/q;;;;;;;;+1/p-1. The summed E-state index contributed by atoms with van der Waals surface area (Å²) >= 11 is 13.6. The predicted octanol–water partition coefficient (Wildman–Crippen LogP) is 7.72. The number of thiocarbonyl (C=S) groups is 1. The van der Waals surface area contributed by atoms with Gasteiger partial charge in [0, 0.05) is 42.1 Å². The maximum Gasteiger partial charge on any atom is 1.00 e. The predicted molar refractivity (Wildman–Crippen MR) is 205 cm³/mol. The van der Waals surface area contributed by atoms with Crippen LogP contribution in [-0.2, 0) is 17.4 Å².